The summed E-state index contributed by atoms with van der Waals surface area (Å²) in [5.41, 5.74) is 1.29. The molecule has 1 unspecified atom stereocenters. The van der Waals surface area contributed by atoms with Gasteiger partial charge in [0, 0.05) is 18.9 Å². The molecule has 1 N–H and O–H groups in total. The Balaban J connectivity index is 1.63. The average Bonchev–Trinajstić information content (AvgIpc) is 3.00. The average molecular weight is 295 g/mol. The molecule has 4 heteroatoms. The highest BCUT2D eigenvalue weighted by Gasteiger charge is 2.09. The Kier molecular flexibility index (Phi) is 4.49. The Hall–Kier alpha value is -2.20. The molecule has 0 aliphatic heterocycles. The van der Waals surface area contributed by atoms with Crippen molar-refractivity contribution in [1.82, 2.24) is 15.5 Å². The maximum atomic E-state index is 5.33. The van der Waals surface area contributed by atoms with E-state index < -0.39 is 0 Å². The molecule has 0 fully saturated rings. The first-order valence-corrected chi connectivity index (χ1v) is 7.71. The van der Waals surface area contributed by atoms with Crippen LogP contribution in [0.25, 0.3) is 10.8 Å². The number of hydrogen-bond donors (Lipinski definition) is 1. The Bertz CT molecular complexity index is 751. The third-order valence-corrected chi connectivity index (χ3v) is 3.93. The first kappa shape index (κ1) is 14.7. The molecule has 0 amide bonds. The van der Waals surface area contributed by atoms with Gasteiger partial charge in [-0.3, -0.25) is 0 Å². The van der Waals surface area contributed by atoms with Gasteiger partial charge in [-0.25, -0.2) is 0 Å². The van der Waals surface area contributed by atoms with Crippen molar-refractivity contribution in [3.63, 3.8) is 0 Å². The molecule has 0 spiro atoms. The summed E-state index contributed by atoms with van der Waals surface area (Å²) in [5, 5.41) is 9.76. The minimum absolute atomic E-state index is 0.353. The SMILES string of the molecule is CNC(C)Cc1noc(CCc2ccc3ccccc3c2)n1. The second-order valence-electron chi connectivity index (χ2n) is 5.68. The van der Waals surface area contributed by atoms with Gasteiger partial charge in [0.05, 0.1) is 0 Å². The molecule has 0 saturated heterocycles. The number of likely N-dealkylation sites (N-methyl/N-ethyl adjacent to an activating group) is 1. The summed E-state index contributed by atoms with van der Waals surface area (Å²) in [7, 11) is 1.94. The summed E-state index contributed by atoms with van der Waals surface area (Å²) in [6, 6.07) is 15.3. The van der Waals surface area contributed by atoms with Crippen molar-refractivity contribution in [2.24, 2.45) is 0 Å². The highest BCUT2D eigenvalue weighted by Crippen LogP contribution is 2.17. The minimum Gasteiger partial charge on any atom is -0.339 e. The first-order chi connectivity index (χ1) is 10.7. The lowest BCUT2D eigenvalue weighted by Gasteiger charge is -2.04. The molecule has 0 saturated carbocycles. The van der Waals surface area contributed by atoms with Gasteiger partial charge in [0.25, 0.3) is 0 Å². The summed E-state index contributed by atoms with van der Waals surface area (Å²) in [6.07, 6.45) is 2.48. The van der Waals surface area contributed by atoms with Crippen molar-refractivity contribution in [2.75, 3.05) is 7.05 Å². The van der Waals surface area contributed by atoms with Gasteiger partial charge in [0.15, 0.2) is 5.82 Å². The second-order valence-corrected chi connectivity index (χ2v) is 5.68. The zero-order chi connectivity index (χ0) is 15.4. The van der Waals surface area contributed by atoms with Crippen molar-refractivity contribution < 1.29 is 4.52 Å². The summed E-state index contributed by atoms with van der Waals surface area (Å²) in [5.74, 6) is 1.49. The number of hydrogen-bond acceptors (Lipinski definition) is 4. The van der Waals surface area contributed by atoms with Crippen molar-refractivity contribution in [3.8, 4) is 0 Å². The van der Waals surface area contributed by atoms with E-state index in [2.05, 4.69) is 64.8 Å². The van der Waals surface area contributed by atoms with E-state index in [9.17, 15) is 0 Å². The number of rotatable bonds is 6. The van der Waals surface area contributed by atoms with Gasteiger partial charge in [-0.05, 0) is 36.7 Å². The molecule has 4 nitrogen and oxygen atoms in total. The van der Waals surface area contributed by atoms with E-state index in [-0.39, 0.29) is 0 Å². The van der Waals surface area contributed by atoms with Crippen LogP contribution in [0.3, 0.4) is 0 Å². The van der Waals surface area contributed by atoms with Crippen LogP contribution in [-0.4, -0.2) is 23.2 Å². The maximum absolute atomic E-state index is 5.33. The second kappa shape index (κ2) is 6.71. The van der Waals surface area contributed by atoms with E-state index in [4.69, 9.17) is 4.52 Å². The van der Waals surface area contributed by atoms with Gasteiger partial charge < -0.3 is 9.84 Å². The molecule has 1 aromatic heterocycles. The van der Waals surface area contributed by atoms with Gasteiger partial charge in [0.1, 0.15) is 0 Å². The van der Waals surface area contributed by atoms with Crippen molar-refractivity contribution in [1.29, 1.82) is 0 Å². The highest BCUT2D eigenvalue weighted by atomic mass is 16.5. The first-order valence-electron chi connectivity index (χ1n) is 7.71. The Labute approximate surface area is 130 Å². The van der Waals surface area contributed by atoms with Gasteiger partial charge in [0.2, 0.25) is 5.89 Å². The smallest absolute Gasteiger partial charge is 0.226 e. The third-order valence-electron chi connectivity index (χ3n) is 3.93. The van der Waals surface area contributed by atoms with Crippen LogP contribution in [0.1, 0.15) is 24.2 Å². The molecular weight excluding hydrogens is 274 g/mol. The highest BCUT2D eigenvalue weighted by molar-refractivity contribution is 5.82. The lowest BCUT2D eigenvalue weighted by atomic mass is 10.0. The summed E-state index contributed by atoms with van der Waals surface area (Å²) >= 11 is 0. The number of aryl methyl sites for hydroxylation is 2. The molecule has 22 heavy (non-hydrogen) atoms. The van der Waals surface area contributed by atoms with Crippen LogP contribution in [0.4, 0.5) is 0 Å². The zero-order valence-electron chi connectivity index (χ0n) is 13.0. The molecule has 0 aliphatic rings. The van der Waals surface area contributed by atoms with Crippen molar-refractivity contribution in [3.05, 3.63) is 59.7 Å². The number of aromatic nitrogens is 2. The molecule has 1 heterocycles. The quantitative estimate of drug-likeness (QED) is 0.759. The predicted octanol–water partition coefficient (Wildman–Crippen LogP) is 3.16. The van der Waals surface area contributed by atoms with Gasteiger partial charge in [-0.2, -0.15) is 4.98 Å². The molecular formula is C18H21N3O. The monoisotopic (exact) mass is 295 g/mol. The van der Waals surface area contributed by atoms with E-state index in [1.807, 2.05) is 7.05 Å². The fourth-order valence-corrected chi connectivity index (χ4v) is 2.50. The maximum Gasteiger partial charge on any atom is 0.226 e. The van der Waals surface area contributed by atoms with Crippen molar-refractivity contribution >= 4 is 10.8 Å². The van der Waals surface area contributed by atoms with Gasteiger partial charge in [-0.1, -0.05) is 47.6 Å². The molecule has 114 valence electrons. The van der Waals surface area contributed by atoms with E-state index in [0.29, 0.717) is 11.9 Å². The number of fused-ring (bicyclic) bond motifs is 1. The number of benzene rings is 2. The fourth-order valence-electron chi connectivity index (χ4n) is 2.50. The third kappa shape index (κ3) is 3.52. The Morgan fingerprint density at radius 2 is 1.91 bits per heavy atom. The summed E-state index contributed by atoms with van der Waals surface area (Å²) in [6.45, 7) is 2.10. The van der Waals surface area contributed by atoms with E-state index in [1.54, 1.807) is 0 Å². The molecule has 1 atom stereocenters. The predicted molar refractivity (Wildman–Crippen MR) is 87.9 cm³/mol. The lowest BCUT2D eigenvalue weighted by molar-refractivity contribution is 0.371. The summed E-state index contributed by atoms with van der Waals surface area (Å²) < 4.78 is 5.33. The molecule has 2 aromatic carbocycles. The van der Waals surface area contributed by atoms with E-state index >= 15 is 0 Å². The summed E-state index contributed by atoms with van der Waals surface area (Å²) in [4.78, 5) is 4.46. The van der Waals surface area contributed by atoms with Crippen molar-refractivity contribution in [2.45, 2.75) is 32.2 Å². The Morgan fingerprint density at radius 3 is 2.73 bits per heavy atom. The van der Waals surface area contributed by atoms with Crippen LogP contribution in [-0.2, 0) is 19.3 Å². The molecule has 3 rings (SSSR count). The molecule has 0 bridgehead atoms. The van der Waals surface area contributed by atoms with E-state index in [0.717, 1.165) is 25.1 Å². The van der Waals surface area contributed by atoms with Crippen LogP contribution < -0.4 is 5.32 Å². The van der Waals surface area contributed by atoms with Crippen LogP contribution in [0.2, 0.25) is 0 Å². The number of nitrogens with one attached hydrogen (secondary N) is 1. The lowest BCUT2D eigenvalue weighted by Crippen LogP contribution is -2.24. The normalized spacial score (nSPS) is 12.6. The molecule has 3 aromatic rings. The minimum atomic E-state index is 0.353. The van der Waals surface area contributed by atoms with E-state index in [1.165, 1.54) is 16.3 Å². The standard InChI is InChI=1S/C18H21N3O/c1-13(19-2)11-17-20-18(22-21-17)10-8-14-7-9-15-5-3-4-6-16(15)12-14/h3-7,9,12-13,19H,8,10-11H2,1-2H3. The Morgan fingerprint density at radius 1 is 1.09 bits per heavy atom. The fraction of sp³-hybridized carbons (Fsp3) is 0.333. The van der Waals surface area contributed by atoms with Crippen LogP contribution in [0.15, 0.2) is 47.0 Å². The van der Waals surface area contributed by atoms with Crippen LogP contribution in [0, 0.1) is 0 Å². The van der Waals surface area contributed by atoms with Gasteiger partial charge in [-0.15, -0.1) is 0 Å². The van der Waals surface area contributed by atoms with Gasteiger partial charge >= 0.3 is 0 Å². The molecule has 0 radical (unpaired) electrons. The van der Waals surface area contributed by atoms with Crippen LogP contribution >= 0.6 is 0 Å². The largest absolute Gasteiger partial charge is 0.339 e. The van der Waals surface area contributed by atoms with Crippen LogP contribution in [0.5, 0.6) is 0 Å². The zero-order valence-corrected chi connectivity index (χ0v) is 13.0. The molecule has 0 aliphatic carbocycles. The topological polar surface area (TPSA) is 51.0 Å². The number of nitrogens with zero attached hydrogens (tertiary/aromatic N) is 2.